The molecule has 2 nitrogen and oxygen atoms in total. The van der Waals surface area contributed by atoms with Gasteiger partial charge in [-0.1, -0.05) is 30.0 Å². The zero-order valence-electron chi connectivity index (χ0n) is 12.2. The highest BCUT2D eigenvalue weighted by Gasteiger charge is 2.23. The van der Waals surface area contributed by atoms with Crippen LogP contribution in [0.1, 0.15) is 12.5 Å². The number of hydrogen-bond acceptors (Lipinski definition) is 2. The molecule has 0 aliphatic carbocycles. The smallest absolute Gasteiger partial charge is 0.169 e. The van der Waals surface area contributed by atoms with Crippen molar-refractivity contribution < 1.29 is 4.57 Å². The summed E-state index contributed by atoms with van der Waals surface area (Å²) in [6.45, 7) is 7.86. The maximum Gasteiger partial charge on any atom is 0.169 e. The Morgan fingerprint density at radius 3 is 2.67 bits per heavy atom. The van der Waals surface area contributed by atoms with Crippen LogP contribution in [0.15, 0.2) is 71.4 Å². The zero-order valence-corrected chi connectivity index (χ0v) is 13.0. The Morgan fingerprint density at radius 1 is 1.19 bits per heavy atom. The van der Waals surface area contributed by atoms with Gasteiger partial charge in [0.05, 0.1) is 10.7 Å². The number of aromatic nitrogens is 1. The Bertz CT molecular complexity index is 674. The fraction of sp³-hybridized carbons (Fsp3) is 0.167. The summed E-state index contributed by atoms with van der Waals surface area (Å²) in [6.07, 6.45) is 8.44. The van der Waals surface area contributed by atoms with Crippen LogP contribution in [0, 0.1) is 0 Å². The highest BCUT2D eigenvalue weighted by Crippen LogP contribution is 2.46. The summed E-state index contributed by atoms with van der Waals surface area (Å²) < 4.78 is 2.17. The lowest BCUT2D eigenvalue weighted by atomic mass is 10.2. The number of nitrogens with zero attached hydrogens (tertiary/aromatic N) is 2. The maximum absolute atomic E-state index is 3.88. The molecule has 0 amide bonds. The molecule has 1 aliphatic heterocycles. The van der Waals surface area contributed by atoms with Crippen molar-refractivity contribution in [2.45, 2.75) is 18.4 Å². The third-order valence-corrected chi connectivity index (χ3v) is 4.63. The Morgan fingerprint density at radius 2 is 1.95 bits per heavy atom. The number of hydrogen-bond donors (Lipinski definition) is 0. The van der Waals surface area contributed by atoms with Gasteiger partial charge in [-0.25, -0.2) is 4.57 Å². The molecule has 0 fully saturated rings. The molecule has 0 spiro atoms. The van der Waals surface area contributed by atoms with Gasteiger partial charge in [-0.15, -0.1) is 6.58 Å². The number of benzene rings is 1. The van der Waals surface area contributed by atoms with Crippen molar-refractivity contribution in [3.63, 3.8) is 0 Å². The predicted octanol–water partition coefficient (Wildman–Crippen LogP) is 4.09. The fourth-order valence-corrected chi connectivity index (χ4v) is 3.53. The molecule has 1 aromatic heterocycles. The van der Waals surface area contributed by atoms with Crippen molar-refractivity contribution >= 4 is 23.5 Å². The highest BCUT2D eigenvalue weighted by atomic mass is 32.2. The van der Waals surface area contributed by atoms with Crippen LogP contribution in [0.25, 0.3) is 6.08 Å². The highest BCUT2D eigenvalue weighted by molar-refractivity contribution is 8.03. The van der Waals surface area contributed by atoms with E-state index < -0.39 is 0 Å². The average Bonchev–Trinajstić information content (AvgIpc) is 2.86. The van der Waals surface area contributed by atoms with E-state index in [0.29, 0.717) is 0 Å². The Balaban J connectivity index is 1.93. The van der Waals surface area contributed by atoms with Gasteiger partial charge in [0.25, 0.3) is 0 Å². The number of aryl methyl sites for hydroxylation is 1. The SMILES string of the molecule is C=CCN1/C(=C/c2cc[n+](CC)cc2)Sc2ccccc21. The normalized spacial score (nSPS) is 15.3. The summed E-state index contributed by atoms with van der Waals surface area (Å²) in [5, 5.41) is 1.25. The quantitative estimate of drug-likeness (QED) is 0.619. The Labute approximate surface area is 130 Å². The van der Waals surface area contributed by atoms with E-state index in [-0.39, 0.29) is 0 Å². The summed E-state index contributed by atoms with van der Waals surface area (Å²) in [4.78, 5) is 3.62. The van der Waals surface area contributed by atoms with Gasteiger partial charge in [0.15, 0.2) is 12.4 Å². The standard InChI is InChI=1S/C18H19N2S/c1-3-11-20-16-7-5-6-8-17(16)21-18(20)14-15-9-12-19(4-2)13-10-15/h3,5-10,12-14H,1,4,11H2,2H3/q+1. The van der Waals surface area contributed by atoms with Gasteiger partial charge in [-0.3, -0.25) is 0 Å². The second-order valence-corrected chi connectivity index (χ2v) is 5.98. The molecule has 0 saturated heterocycles. The molecule has 1 aromatic carbocycles. The molecule has 1 aliphatic rings. The molecular weight excluding hydrogens is 276 g/mol. The number of fused-ring (bicyclic) bond motifs is 1. The molecule has 0 N–H and O–H groups in total. The first-order valence-corrected chi connectivity index (χ1v) is 7.99. The van der Waals surface area contributed by atoms with Gasteiger partial charge in [-0.2, -0.15) is 0 Å². The molecule has 3 rings (SSSR count). The van der Waals surface area contributed by atoms with Crippen LogP contribution < -0.4 is 9.47 Å². The van der Waals surface area contributed by atoms with Gasteiger partial charge in [0.1, 0.15) is 6.54 Å². The van der Waals surface area contributed by atoms with Crippen molar-refractivity contribution in [3.05, 3.63) is 72.0 Å². The largest absolute Gasteiger partial charge is 0.331 e. The first-order chi connectivity index (χ1) is 10.3. The van der Waals surface area contributed by atoms with Crippen LogP contribution in [-0.2, 0) is 6.54 Å². The summed E-state index contributed by atoms with van der Waals surface area (Å²) in [5.41, 5.74) is 2.50. The van der Waals surface area contributed by atoms with Gasteiger partial charge < -0.3 is 4.90 Å². The predicted molar refractivity (Wildman–Crippen MR) is 90.1 cm³/mol. The van der Waals surface area contributed by atoms with Crippen molar-refractivity contribution in [2.24, 2.45) is 0 Å². The van der Waals surface area contributed by atoms with Crippen LogP contribution in [0.3, 0.4) is 0 Å². The van der Waals surface area contributed by atoms with Crippen LogP contribution in [0.5, 0.6) is 0 Å². The van der Waals surface area contributed by atoms with E-state index >= 15 is 0 Å². The molecule has 0 radical (unpaired) electrons. The van der Waals surface area contributed by atoms with Crippen LogP contribution in [0.2, 0.25) is 0 Å². The number of pyridine rings is 1. The molecule has 0 saturated carbocycles. The number of anilines is 1. The van der Waals surface area contributed by atoms with Crippen molar-refractivity contribution in [3.8, 4) is 0 Å². The topological polar surface area (TPSA) is 7.12 Å². The molecule has 2 heterocycles. The number of para-hydroxylation sites is 1. The van der Waals surface area contributed by atoms with Gasteiger partial charge in [0.2, 0.25) is 0 Å². The number of rotatable bonds is 4. The third-order valence-electron chi connectivity index (χ3n) is 3.52. The van der Waals surface area contributed by atoms with E-state index in [1.54, 1.807) is 0 Å². The maximum atomic E-state index is 3.88. The molecule has 2 aromatic rings. The van der Waals surface area contributed by atoms with E-state index in [1.807, 2.05) is 17.8 Å². The molecular formula is C18H19N2S+. The Kier molecular flexibility index (Phi) is 4.11. The lowest BCUT2D eigenvalue weighted by molar-refractivity contribution is -0.693. The third kappa shape index (κ3) is 2.88. The fourth-order valence-electron chi connectivity index (χ4n) is 2.40. The van der Waals surface area contributed by atoms with E-state index in [1.165, 1.54) is 21.2 Å². The van der Waals surface area contributed by atoms with Gasteiger partial charge in [0, 0.05) is 23.6 Å². The second-order valence-electron chi connectivity index (χ2n) is 4.91. The van der Waals surface area contributed by atoms with E-state index in [0.717, 1.165) is 13.1 Å². The zero-order chi connectivity index (χ0) is 14.7. The molecule has 3 heteroatoms. The molecule has 0 unspecified atom stereocenters. The summed E-state index contributed by atoms with van der Waals surface area (Å²) in [7, 11) is 0. The van der Waals surface area contributed by atoms with Crippen LogP contribution in [0.4, 0.5) is 5.69 Å². The van der Waals surface area contributed by atoms with Gasteiger partial charge >= 0.3 is 0 Å². The van der Waals surface area contributed by atoms with E-state index in [9.17, 15) is 0 Å². The molecule has 106 valence electrons. The monoisotopic (exact) mass is 295 g/mol. The van der Waals surface area contributed by atoms with Crippen LogP contribution in [-0.4, -0.2) is 6.54 Å². The van der Waals surface area contributed by atoms with Crippen molar-refractivity contribution in [1.82, 2.24) is 0 Å². The second kappa shape index (κ2) is 6.19. The van der Waals surface area contributed by atoms with Crippen LogP contribution >= 0.6 is 11.8 Å². The van der Waals surface area contributed by atoms with Crippen molar-refractivity contribution in [2.75, 3.05) is 11.4 Å². The molecule has 21 heavy (non-hydrogen) atoms. The average molecular weight is 295 g/mol. The van der Waals surface area contributed by atoms with Crippen molar-refractivity contribution in [1.29, 1.82) is 0 Å². The minimum atomic E-state index is 0.831. The van der Waals surface area contributed by atoms with E-state index in [2.05, 4.69) is 77.8 Å². The lowest BCUT2D eigenvalue weighted by Gasteiger charge is -2.18. The summed E-state index contributed by atoms with van der Waals surface area (Å²) >= 11 is 1.82. The molecule has 0 atom stereocenters. The first-order valence-electron chi connectivity index (χ1n) is 7.18. The summed E-state index contributed by atoms with van der Waals surface area (Å²) in [6, 6.07) is 12.8. The molecule has 0 bridgehead atoms. The minimum absolute atomic E-state index is 0.831. The Hall–Kier alpha value is -2.00. The summed E-state index contributed by atoms with van der Waals surface area (Å²) in [5.74, 6) is 0. The minimum Gasteiger partial charge on any atom is -0.331 e. The van der Waals surface area contributed by atoms with Gasteiger partial charge in [-0.05, 0) is 30.7 Å². The lowest BCUT2D eigenvalue weighted by Crippen LogP contribution is -2.30. The van der Waals surface area contributed by atoms with E-state index in [4.69, 9.17) is 0 Å². The number of thioether (sulfide) groups is 1. The first kappa shape index (κ1) is 14.0.